The van der Waals surface area contributed by atoms with Gasteiger partial charge in [0.2, 0.25) is 0 Å². The van der Waals surface area contributed by atoms with Gasteiger partial charge in [-0.1, -0.05) is 0 Å². The molecule has 1 rings (SSSR count). The summed E-state index contributed by atoms with van der Waals surface area (Å²) >= 11 is 1.92. The van der Waals surface area contributed by atoms with Crippen LogP contribution in [0.15, 0.2) is 12.1 Å². The highest BCUT2D eigenvalue weighted by molar-refractivity contribution is 14.1. The minimum absolute atomic E-state index is 0.132. The Balaban J connectivity index is 3.26. The number of halogens is 1. The molecule has 14 heavy (non-hydrogen) atoms. The molecule has 0 atom stereocenters. The van der Waals surface area contributed by atoms with Crippen LogP contribution < -0.4 is 0 Å². The summed E-state index contributed by atoms with van der Waals surface area (Å²) in [5.41, 5.74) is 1.56. The molecule has 0 radical (unpaired) electrons. The van der Waals surface area contributed by atoms with Crippen molar-refractivity contribution in [2.75, 3.05) is 0 Å². The second kappa shape index (κ2) is 4.37. The standard InChI is InChI=1S/C9H7IN2O2/c1-6-4-7(2-3-11)5-8(10)9(6)12(13)14/h4-5H,2H2,1H3. The van der Waals surface area contributed by atoms with Gasteiger partial charge in [0.05, 0.1) is 21.0 Å². The van der Waals surface area contributed by atoms with E-state index in [-0.39, 0.29) is 12.1 Å². The van der Waals surface area contributed by atoms with Crippen LogP contribution in [-0.4, -0.2) is 4.92 Å². The molecular weight excluding hydrogens is 295 g/mol. The summed E-state index contributed by atoms with van der Waals surface area (Å²) in [4.78, 5) is 10.3. The first-order valence-corrected chi connectivity index (χ1v) is 4.94. The summed E-state index contributed by atoms with van der Waals surface area (Å²) in [6.07, 6.45) is 0.287. The van der Waals surface area contributed by atoms with Crippen molar-refractivity contribution in [1.82, 2.24) is 0 Å². The Bertz CT molecular complexity index is 400. The van der Waals surface area contributed by atoms with Crippen LogP contribution in [0.3, 0.4) is 0 Å². The third-order valence-corrected chi connectivity index (χ3v) is 2.60. The van der Waals surface area contributed by atoms with E-state index in [9.17, 15) is 10.1 Å². The van der Waals surface area contributed by atoms with Gasteiger partial charge in [-0.3, -0.25) is 10.1 Å². The van der Waals surface area contributed by atoms with Gasteiger partial charge < -0.3 is 0 Å². The average Bonchev–Trinajstić information content (AvgIpc) is 2.01. The quantitative estimate of drug-likeness (QED) is 0.479. The van der Waals surface area contributed by atoms with E-state index in [2.05, 4.69) is 0 Å². The molecule has 0 unspecified atom stereocenters. The predicted molar refractivity (Wildman–Crippen MR) is 59.9 cm³/mol. The number of aryl methyl sites for hydroxylation is 1. The zero-order valence-electron chi connectivity index (χ0n) is 7.45. The minimum Gasteiger partial charge on any atom is -0.258 e. The summed E-state index contributed by atoms with van der Waals surface area (Å²) in [7, 11) is 0. The zero-order chi connectivity index (χ0) is 10.7. The first-order valence-electron chi connectivity index (χ1n) is 3.86. The Morgan fingerprint density at radius 1 is 1.64 bits per heavy atom. The smallest absolute Gasteiger partial charge is 0.258 e. The fraction of sp³-hybridized carbons (Fsp3) is 0.222. The van der Waals surface area contributed by atoms with Gasteiger partial charge in [0.1, 0.15) is 0 Å². The van der Waals surface area contributed by atoms with Crippen LogP contribution in [0.5, 0.6) is 0 Å². The van der Waals surface area contributed by atoms with Gasteiger partial charge in [-0.15, -0.1) is 0 Å². The fourth-order valence-electron chi connectivity index (χ4n) is 1.23. The van der Waals surface area contributed by atoms with E-state index in [0.717, 1.165) is 5.56 Å². The zero-order valence-corrected chi connectivity index (χ0v) is 9.61. The molecule has 0 saturated heterocycles. The van der Waals surface area contributed by atoms with E-state index in [4.69, 9.17) is 5.26 Å². The number of hydrogen-bond acceptors (Lipinski definition) is 3. The lowest BCUT2D eigenvalue weighted by molar-refractivity contribution is -0.386. The van der Waals surface area contributed by atoms with Crippen LogP contribution in [-0.2, 0) is 6.42 Å². The molecule has 0 aliphatic carbocycles. The highest BCUT2D eigenvalue weighted by Gasteiger charge is 2.16. The van der Waals surface area contributed by atoms with E-state index in [1.54, 1.807) is 19.1 Å². The monoisotopic (exact) mass is 302 g/mol. The normalized spacial score (nSPS) is 9.50. The third kappa shape index (κ3) is 2.20. The van der Waals surface area contributed by atoms with Crippen molar-refractivity contribution in [3.8, 4) is 6.07 Å². The van der Waals surface area contributed by atoms with Crippen LogP contribution in [0.4, 0.5) is 5.69 Å². The molecule has 0 aromatic heterocycles. The van der Waals surface area contributed by atoms with Crippen molar-refractivity contribution in [2.24, 2.45) is 0 Å². The number of benzene rings is 1. The van der Waals surface area contributed by atoms with Gasteiger partial charge in [0, 0.05) is 5.56 Å². The van der Waals surface area contributed by atoms with Crippen molar-refractivity contribution in [1.29, 1.82) is 5.26 Å². The second-order valence-electron chi connectivity index (χ2n) is 2.84. The van der Waals surface area contributed by atoms with Crippen LogP contribution >= 0.6 is 22.6 Å². The Morgan fingerprint density at radius 3 is 2.71 bits per heavy atom. The Morgan fingerprint density at radius 2 is 2.29 bits per heavy atom. The van der Waals surface area contributed by atoms with E-state index in [0.29, 0.717) is 9.13 Å². The Labute approximate surface area is 94.8 Å². The molecule has 0 heterocycles. The summed E-state index contributed by atoms with van der Waals surface area (Å²) in [6.45, 7) is 1.68. The first kappa shape index (κ1) is 10.9. The molecule has 0 saturated carbocycles. The van der Waals surface area contributed by atoms with E-state index in [1.807, 2.05) is 28.7 Å². The van der Waals surface area contributed by atoms with Gasteiger partial charge >= 0.3 is 0 Å². The number of rotatable bonds is 2. The molecule has 0 aliphatic heterocycles. The number of nitrogens with zero attached hydrogens (tertiary/aromatic N) is 2. The molecule has 4 nitrogen and oxygen atoms in total. The van der Waals surface area contributed by atoms with Gasteiger partial charge in [-0.2, -0.15) is 5.26 Å². The van der Waals surface area contributed by atoms with Crippen LogP contribution in [0.1, 0.15) is 11.1 Å². The summed E-state index contributed by atoms with van der Waals surface area (Å²) in [5.74, 6) is 0. The maximum Gasteiger partial charge on any atom is 0.285 e. The summed E-state index contributed by atoms with van der Waals surface area (Å²) in [5, 5.41) is 19.1. The van der Waals surface area contributed by atoms with E-state index in [1.165, 1.54) is 0 Å². The minimum atomic E-state index is -0.396. The average molecular weight is 302 g/mol. The maximum absolute atomic E-state index is 10.6. The summed E-state index contributed by atoms with van der Waals surface area (Å²) < 4.78 is 0.581. The van der Waals surface area contributed by atoms with Gasteiger partial charge in [-0.25, -0.2) is 0 Å². The van der Waals surface area contributed by atoms with Crippen molar-refractivity contribution in [2.45, 2.75) is 13.3 Å². The third-order valence-electron chi connectivity index (χ3n) is 1.78. The lowest BCUT2D eigenvalue weighted by Gasteiger charge is -2.02. The maximum atomic E-state index is 10.6. The number of nitriles is 1. The molecule has 0 spiro atoms. The van der Waals surface area contributed by atoms with Crippen LogP contribution in [0, 0.1) is 31.9 Å². The molecule has 72 valence electrons. The van der Waals surface area contributed by atoms with Gasteiger partial charge in [0.15, 0.2) is 0 Å². The molecule has 0 fully saturated rings. The van der Waals surface area contributed by atoms with Crippen molar-refractivity contribution < 1.29 is 4.92 Å². The lowest BCUT2D eigenvalue weighted by atomic mass is 10.1. The molecular formula is C9H7IN2O2. The predicted octanol–water partition coefficient (Wildman–Crippen LogP) is 2.57. The lowest BCUT2D eigenvalue weighted by Crippen LogP contribution is -1.97. The first-order chi connectivity index (χ1) is 6.56. The second-order valence-corrected chi connectivity index (χ2v) is 4.00. The Kier molecular flexibility index (Phi) is 3.41. The van der Waals surface area contributed by atoms with E-state index < -0.39 is 4.92 Å². The molecule has 0 bridgehead atoms. The number of hydrogen-bond donors (Lipinski definition) is 0. The molecule has 0 aliphatic rings. The van der Waals surface area contributed by atoms with Crippen LogP contribution in [0.25, 0.3) is 0 Å². The largest absolute Gasteiger partial charge is 0.285 e. The molecule has 0 N–H and O–H groups in total. The molecule has 1 aromatic carbocycles. The topological polar surface area (TPSA) is 66.9 Å². The molecule has 5 heteroatoms. The van der Waals surface area contributed by atoms with Crippen LogP contribution in [0.2, 0.25) is 0 Å². The highest BCUT2D eigenvalue weighted by atomic mass is 127. The van der Waals surface area contributed by atoms with Crippen molar-refractivity contribution >= 4 is 28.3 Å². The molecule has 1 aromatic rings. The highest BCUT2D eigenvalue weighted by Crippen LogP contribution is 2.26. The van der Waals surface area contributed by atoms with Gasteiger partial charge in [-0.05, 0) is 47.2 Å². The van der Waals surface area contributed by atoms with Gasteiger partial charge in [0.25, 0.3) is 5.69 Å². The molecule has 0 amide bonds. The van der Waals surface area contributed by atoms with Crippen molar-refractivity contribution in [3.63, 3.8) is 0 Å². The Hall–Kier alpha value is -1.16. The fourth-order valence-corrected chi connectivity index (χ4v) is 2.25. The number of nitro benzene ring substituents is 1. The SMILES string of the molecule is Cc1cc(CC#N)cc(I)c1[N+](=O)[O-]. The summed E-state index contributed by atoms with van der Waals surface area (Å²) in [6, 6.07) is 5.37. The van der Waals surface area contributed by atoms with E-state index >= 15 is 0 Å². The number of nitro groups is 1. The van der Waals surface area contributed by atoms with Crippen molar-refractivity contribution in [3.05, 3.63) is 36.9 Å².